The monoisotopic (exact) mass is 352 g/mol. The van der Waals surface area contributed by atoms with E-state index in [0.29, 0.717) is 0 Å². The van der Waals surface area contributed by atoms with Crippen molar-refractivity contribution in [1.82, 2.24) is 9.88 Å². The number of halogens is 1. The Labute approximate surface area is 131 Å². The highest BCUT2D eigenvalue weighted by molar-refractivity contribution is 9.10. The third-order valence-electron chi connectivity index (χ3n) is 3.49. The van der Waals surface area contributed by atoms with E-state index < -0.39 is 0 Å². The average Bonchev–Trinajstić information content (AvgIpc) is 2.81. The molecule has 0 radical (unpaired) electrons. The number of morpholine rings is 1. The molecular weight excluding hydrogens is 336 g/mol. The van der Waals surface area contributed by atoms with Crippen LogP contribution in [0.2, 0.25) is 0 Å². The molecule has 1 aliphatic rings. The second-order valence-corrected chi connectivity index (χ2v) is 7.15. The first-order chi connectivity index (χ1) is 9.65. The molecule has 0 aliphatic carbocycles. The fourth-order valence-corrected chi connectivity index (χ4v) is 3.83. The predicted molar refractivity (Wildman–Crippen MR) is 86.2 cm³/mol. The van der Waals surface area contributed by atoms with Gasteiger partial charge in [-0.1, -0.05) is 34.1 Å². The number of rotatable bonds is 2. The van der Waals surface area contributed by atoms with Crippen LogP contribution in [0.25, 0.3) is 11.3 Å². The summed E-state index contributed by atoms with van der Waals surface area (Å²) in [6, 6.07) is 8.22. The third-order valence-corrected chi connectivity index (χ3v) is 5.24. The molecule has 0 bridgehead atoms. The number of hydrogen-bond donors (Lipinski definition) is 0. The van der Waals surface area contributed by atoms with E-state index in [1.165, 1.54) is 4.88 Å². The molecule has 106 valence electrons. The lowest BCUT2D eigenvalue weighted by Crippen LogP contribution is -2.35. The number of ether oxygens (including phenoxy) is 1. The Balaban J connectivity index is 1.93. The van der Waals surface area contributed by atoms with E-state index in [4.69, 9.17) is 9.72 Å². The van der Waals surface area contributed by atoms with Gasteiger partial charge >= 0.3 is 0 Å². The molecule has 0 spiro atoms. The molecule has 1 aromatic heterocycles. The zero-order valence-corrected chi connectivity index (χ0v) is 14.0. The predicted octanol–water partition coefficient (Wildman–Crippen LogP) is 3.88. The molecule has 5 heteroatoms. The second kappa shape index (κ2) is 5.93. The number of benzene rings is 1. The van der Waals surface area contributed by atoms with Crippen molar-refractivity contribution in [2.24, 2.45) is 0 Å². The van der Waals surface area contributed by atoms with Gasteiger partial charge in [-0.3, -0.25) is 0 Å². The third kappa shape index (κ3) is 2.81. The first-order valence-electron chi connectivity index (χ1n) is 6.67. The summed E-state index contributed by atoms with van der Waals surface area (Å²) in [5.41, 5.74) is 2.21. The van der Waals surface area contributed by atoms with Crippen molar-refractivity contribution in [3.05, 3.63) is 38.6 Å². The maximum Gasteiger partial charge on any atom is 0.124 e. The lowest BCUT2D eigenvalue weighted by Gasteiger charge is -2.28. The Kier molecular flexibility index (Phi) is 4.21. The molecule has 0 N–H and O–H groups in total. The highest BCUT2D eigenvalue weighted by Crippen LogP contribution is 2.35. The smallest absolute Gasteiger partial charge is 0.124 e. The fourth-order valence-electron chi connectivity index (χ4n) is 2.39. The Bertz CT molecular complexity index is 614. The van der Waals surface area contributed by atoms with E-state index in [0.717, 1.165) is 40.4 Å². The Morgan fingerprint density at radius 1 is 1.40 bits per heavy atom. The zero-order valence-electron chi connectivity index (χ0n) is 11.6. The van der Waals surface area contributed by atoms with Crippen LogP contribution in [0, 0.1) is 6.92 Å². The molecule has 1 aliphatic heterocycles. The minimum Gasteiger partial charge on any atom is -0.368 e. The first-order valence-corrected chi connectivity index (χ1v) is 8.28. The van der Waals surface area contributed by atoms with Crippen molar-refractivity contribution >= 4 is 27.3 Å². The Morgan fingerprint density at radius 3 is 2.95 bits per heavy atom. The topological polar surface area (TPSA) is 25.4 Å². The summed E-state index contributed by atoms with van der Waals surface area (Å²) in [6.07, 6.45) is 0.105. The van der Waals surface area contributed by atoms with Crippen LogP contribution in [0.3, 0.4) is 0 Å². The summed E-state index contributed by atoms with van der Waals surface area (Å²) < 4.78 is 6.95. The second-order valence-electron chi connectivity index (χ2n) is 5.06. The van der Waals surface area contributed by atoms with Gasteiger partial charge in [0.25, 0.3) is 0 Å². The van der Waals surface area contributed by atoms with Gasteiger partial charge in [-0.25, -0.2) is 4.98 Å². The molecule has 1 unspecified atom stereocenters. The van der Waals surface area contributed by atoms with Gasteiger partial charge in [-0.2, -0.15) is 0 Å². The summed E-state index contributed by atoms with van der Waals surface area (Å²) >= 11 is 5.35. The SMILES string of the molecule is Cc1sc(C2CN(C)CCO2)nc1-c1ccccc1Br. The van der Waals surface area contributed by atoms with Gasteiger partial charge in [-0.05, 0) is 20.0 Å². The van der Waals surface area contributed by atoms with Crippen LogP contribution < -0.4 is 0 Å². The normalized spacial score (nSPS) is 20.2. The van der Waals surface area contributed by atoms with Crippen LogP contribution in [0.5, 0.6) is 0 Å². The van der Waals surface area contributed by atoms with Gasteiger partial charge in [-0.15, -0.1) is 11.3 Å². The van der Waals surface area contributed by atoms with E-state index in [2.05, 4.69) is 46.9 Å². The number of hydrogen-bond acceptors (Lipinski definition) is 4. The lowest BCUT2D eigenvalue weighted by atomic mass is 10.1. The number of likely N-dealkylation sites (N-methyl/N-ethyl adjacent to an activating group) is 1. The number of thiazole rings is 1. The van der Waals surface area contributed by atoms with Crippen LogP contribution >= 0.6 is 27.3 Å². The Morgan fingerprint density at radius 2 is 2.20 bits per heavy atom. The van der Waals surface area contributed by atoms with Crippen molar-refractivity contribution in [2.45, 2.75) is 13.0 Å². The van der Waals surface area contributed by atoms with E-state index in [1.54, 1.807) is 11.3 Å². The molecule has 0 amide bonds. The molecular formula is C15H17BrN2OS. The molecule has 2 heterocycles. The van der Waals surface area contributed by atoms with E-state index in [9.17, 15) is 0 Å². The summed E-state index contributed by atoms with van der Waals surface area (Å²) in [5.74, 6) is 0. The zero-order chi connectivity index (χ0) is 14.1. The van der Waals surface area contributed by atoms with Gasteiger partial charge in [0, 0.05) is 28.0 Å². The molecule has 3 nitrogen and oxygen atoms in total. The molecule has 1 aromatic carbocycles. The molecule has 1 fully saturated rings. The minimum atomic E-state index is 0.105. The van der Waals surface area contributed by atoms with Crippen molar-refractivity contribution in [1.29, 1.82) is 0 Å². The largest absolute Gasteiger partial charge is 0.368 e. The van der Waals surface area contributed by atoms with Crippen LogP contribution in [0.1, 0.15) is 16.0 Å². The van der Waals surface area contributed by atoms with Gasteiger partial charge in [0.05, 0.1) is 12.3 Å². The summed E-state index contributed by atoms with van der Waals surface area (Å²) in [5, 5.41) is 1.08. The summed E-state index contributed by atoms with van der Waals surface area (Å²) in [6.45, 7) is 4.83. The summed E-state index contributed by atoms with van der Waals surface area (Å²) in [7, 11) is 2.13. The average molecular weight is 353 g/mol. The van der Waals surface area contributed by atoms with Crippen LogP contribution in [-0.4, -0.2) is 36.6 Å². The van der Waals surface area contributed by atoms with Gasteiger partial charge in [0.1, 0.15) is 11.1 Å². The number of aryl methyl sites for hydroxylation is 1. The molecule has 1 atom stereocenters. The van der Waals surface area contributed by atoms with Crippen molar-refractivity contribution in [3.63, 3.8) is 0 Å². The van der Waals surface area contributed by atoms with Gasteiger partial charge < -0.3 is 9.64 Å². The van der Waals surface area contributed by atoms with E-state index in [-0.39, 0.29) is 6.10 Å². The molecule has 2 aromatic rings. The maximum atomic E-state index is 5.86. The van der Waals surface area contributed by atoms with E-state index in [1.807, 2.05) is 12.1 Å². The molecule has 3 rings (SSSR count). The van der Waals surface area contributed by atoms with Gasteiger partial charge in [0.2, 0.25) is 0 Å². The van der Waals surface area contributed by atoms with Crippen LogP contribution in [-0.2, 0) is 4.74 Å². The highest BCUT2D eigenvalue weighted by Gasteiger charge is 2.24. The fraction of sp³-hybridized carbons (Fsp3) is 0.400. The standard InChI is InChI=1S/C15H17BrN2OS/c1-10-14(11-5-3-4-6-12(11)16)17-15(20-10)13-9-18(2)7-8-19-13/h3-6,13H,7-9H2,1-2H3. The van der Waals surface area contributed by atoms with Crippen LogP contribution in [0.4, 0.5) is 0 Å². The minimum absolute atomic E-state index is 0.105. The number of nitrogens with zero attached hydrogens (tertiary/aromatic N) is 2. The van der Waals surface area contributed by atoms with Crippen molar-refractivity contribution < 1.29 is 4.74 Å². The van der Waals surface area contributed by atoms with Crippen molar-refractivity contribution in [3.8, 4) is 11.3 Å². The quantitative estimate of drug-likeness (QED) is 0.819. The molecule has 0 saturated carbocycles. The maximum absolute atomic E-state index is 5.86. The Hall–Kier alpha value is -0.750. The highest BCUT2D eigenvalue weighted by atomic mass is 79.9. The summed E-state index contributed by atoms with van der Waals surface area (Å²) in [4.78, 5) is 8.37. The molecule has 1 saturated heterocycles. The van der Waals surface area contributed by atoms with Crippen molar-refractivity contribution in [2.75, 3.05) is 26.7 Å². The van der Waals surface area contributed by atoms with E-state index >= 15 is 0 Å². The van der Waals surface area contributed by atoms with Gasteiger partial charge in [0.15, 0.2) is 0 Å². The number of aromatic nitrogens is 1. The lowest BCUT2D eigenvalue weighted by molar-refractivity contribution is -0.0209. The molecule has 20 heavy (non-hydrogen) atoms. The van der Waals surface area contributed by atoms with Crippen LogP contribution in [0.15, 0.2) is 28.7 Å². The first kappa shape index (κ1) is 14.2.